The average molecular weight is 256 g/mol. The first kappa shape index (κ1) is 13.4. The van der Waals surface area contributed by atoms with Crippen LogP contribution in [0.5, 0.6) is 0 Å². The molecule has 0 aliphatic heterocycles. The van der Waals surface area contributed by atoms with Gasteiger partial charge < -0.3 is 5.11 Å². The van der Waals surface area contributed by atoms with E-state index in [1.165, 1.54) is 12.1 Å². The van der Waals surface area contributed by atoms with Gasteiger partial charge in [0.2, 0.25) is 0 Å². The number of Topliss-reactive ketones (excluding diaryl/α,β-unsaturated/α-hetero) is 1. The minimum absolute atomic E-state index is 0.258. The Kier molecular flexibility index (Phi) is 4.01. The van der Waals surface area contributed by atoms with Gasteiger partial charge in [-0.25, -0.2) is 8.42 Å². The fourth-order valence-electron chi connectivity index (χ4n) is 1.17. The molecule has 0 amide bonds. The predicted molar refractivity (Wildman–Crippen MR) is 61.7 cm³/mol. The lowest BCUT2D eigenvalue weighted by Crippen LogP contribution is -2.31. The molecule has 0 spiro atoms. The van der Waals surface area contributed by atoms with Gasteiger partial charge in [0.15, 0.2) is 20.9 Å². The third-order valence-electron chi connectivity index (χ3n) is 2.31. The number of hydrogen-bond acceptors (Lipinski definition) is 4. The van der Waals surface area contributed by atoms with E-state index in [0.717, 1.165) is 6.92 Å². The van der Waals surface area contributed by atoms with Crippen molar-refractivity contribution in [3.63, 3.8) is 0 Å². The Balaban J connectivity index is 2.86. The van der Waals surface area contributed by atoms with Crippen molar-refractivity contribution in [2.45, 2.75) is 12.2 Å². The van der Waals surface area contributed by atoms with Crippen molar-refractivity contribution in [3.05, 3.63) is 35.9 Å². The Morgan fingerprint density at radius 1 is 1.24 bits per heavy atom. The second-order valence-corrected chi connectivity index (χ2v) is 5.90. The molecular formula is C11H12O5S. The highest BCUT2D eigenvalue weighted by Crippen LogP contribution is 2.07. The molecule has 5 nitrogen and oxygen atoms in total. The molecule has 92 valence electrons. The molecule has 1 N–H and O–H groups in total. The molecule has 0 aromatic heterocycles. The molecule has 0 aliphatic rings. The van der Waals surface area contributed by atoms with E-state index in [9.17, 15) is 18.0 Å². The summed E-state index contributed by atoms with van der Waals surface area (Å²) < 4.78 is 23.1. The van der Waals surface area contributed by atoms with Crippen LogP contribution in [0.25, 0.3) is 0 Å². The summed E-state index contributed by atoms with van der Waals surface area (Å²) in [4.78, 5) is 22.2. The van der Waals surface area contributed by atoms with Crippen LogP contribution in [0, 0.1) is 0 Å². The summed E-state index contributed by atoms with van der Waals surface area (Å²) >= 11 is 0. The SMILES string of the molecule is CC(C(=O)O)S(=O)(=O)CC(=O)c1ccccc1. The molecule has 1 aromatic carbocycles. The molecule has 6 heteroatoms. The van der Waals surface area contributed by atoms with E-state index in [-0.39, 0.29) is 5.56 Å². The topological polar surface area (TPSA) is 88.5 Å². The molecule has 0 heterocycles. The second-order valence-electron chi connectivity index (χ2n) is 3.58. The normalized spacial score (nSPS) is 13.0. The van der Waals surface area contributed by atoms with Crippen molar-refractivity contribution in [3.8, 4) is 0 Å². The first-order chi connectivity index (χ1) is 7.84. The van der Waals surface area contributed by atoms with Gasteiger partial charge in [-0.05, 0) is 6.92 Å². The van der Waals surface area contributed by atoms with Gasteiger partial charge >= 0.3 is 5.97 Å². The summed E-state index contributed by atoms with van der Waals surface area (Å²) in [6.45, 7) is 1.05. The lowest BCUT2D eigenvalue weighted by Gasteiger charge is -2.07. The maximum atomic E-state index is 11.6. The van der Waals surface area contributed by atoms with Crippen molar-refractivity contribution < 1.29 is 23.1 Å². The molecule has 17 heavy (non-hydrogen) atoms. The monoisotopic (exact) mass is 256 g/mol. The van der Waals surface area contributed by atoms with Crippen LogP contribution >= 0.6 is 0 Å². The maximum absolute atomic E-state index is 11.6. The number of carboxylic acids is 1. The first-order valence-corrected chi connectivity index (χ1v) is 6.59. The fraction of sp³-hybridized carbons (Fsp3) is 0.273. The third-order valence-corrected chi connectivity index (χ3v) is 4.26. The van der Waals surface area contributed by atoms with Crippen LogP contribution in [-0.4, -0.2) is 36.3 Å². The van der Waals surface area contributed by atoms with Crippen molar-refractivity contribution in [1.29, 1.82) is 0 Å². The number of carbonyl (C=O) groups is 2. The average Bonchev–Trinajstić information content (AvgIpc) is 2.28. The second kappa shape index (κ2) is 5.09. The molecule has 0 aliphatic carbocycles. The standard InChI is InChI=1S/C11H12O5S/c1-8(11(13)14)17(15,16)7-10(12)9-5-3-2-4-6-9/h2-6,8H,7H2,1H3,(H,13,14). The molecule has 0 fully saturated rings. The van der Waals surface area contributed by atoms with Crippen LogP contribution in [0.4, 0.5) is 0 Å². The summed E-state index contributed by atoms with van der Waals surface area (Å²) in [5.74, 6) is -2.84. The van der Waals surface area contributed by atoms with Crippen LogP contribution in [0.3, 0.4) is 0 Å². The van der Waals surface area contributed by atoms with E-state index in [2.05, 4.69) is 0 Å². The van der Waals surface area contributed by atoms with Crippen LogP contribution in [0.15, 0.2) is 30.3 Å². The van der Waals surface area contributed by atoms with Crippen LogP contribution in [-0.2, 0) is 14.6 Å². The van der Waals surface area contributed by atoms with Crippen LogP contribution < -0.4 is 0 Å². The molecule has 1 atom stereocenters. The van der Waals surface area contributed by atoms with E-state index in [1.807, 2.05) is 0 Å². The highest BCUT2D eigenvalue weighted by Gasteiger charge is 2.30. The molecular weight excluding hydrogens is 244 g/mol. The Morgan fingerprint density at radius 3 is 2.24 bits per heavy atom. The van der Waals surface area contributed by atoms with Gasteiger partial charge in [-0.1, -0.05) is 30.3 Å². The van der Waals surface area contributed by atoms with Gasteiger partial charge in [-0.15, -0.1) is 0 Å². The van der Waals surface area contributed by atoms with Gasteiger partial charge in [0, 0.05) is 5.56 Å². The number of sulfone groups is 1. The zero-order valence-corrected chi connectivity index (χ0v) is 9.98. The van der Waals surface area contributed by atoms with Gasteiger partial charge in [0.1, 0.15) is 5.75 Å². The quantitative estimate of drug-likeness (QED) is 0.785. The summed E-state index contributed by atoms with van der Waals surface area (Å²) in [6.07, 6.45) is 0. The highest BCUT2D eigenvalue weighted by molar-refractivity contribution is 7.93. The summed E-state index contributed by atoms with van der Waals surface area (Å²) in [5.41, 5.74) is 0.258. The predicted octanol–water partition coefficient (Wildman–Crippen LogP) is 0.757. The van der Waals surface area contributed by atoms with Crippen molar-refractivity contribution in [2.24, 2.45) is 0 Å². The largest absolute Gasteiger partial charge is 0.480 e. The Hall–Kier alpha value is -1.69. The lowest BCUT2D eigenvalue weighted by atomic mass is 10.2. The van der Waals surface area contributed by atoms with E-state index in [1.54, 1.807) is 18.2 Å². The van der Waals surface area contributed by atoms with E-state index in [0.29, 0.717) is 0 Å². The highest BCUT2D eigenvalue weighted by atomic mass is 32.2. The number of aliphatic carboxylic acids is 1. The summed E-state index contributed by atoms with van der Waals surface area (Å²) in [5, 5.41) is 7.04. The molecule has 1 rings (SSSR count). The number of rotatable bonds is 5. The van der Waals surface area contributed by atoms with Crippen molar-refractivity contribution in [1.82, 2.24) is 0 Å². The van der Waals surface area contributed by atoms with Crippen molar-refractivity contribution >= 4 is 21.6 Å². The zero-order chi connectivity index (χ0) is 13.1. The van der Waals surface area contributed by atoms with Gasteiger partial charge in [-0.3, -0.25) is 9.59 Å². The minimum atomic E-state index is -3.96. The molecule has 0 saturated heterocycles. The Morgan fingerprint density at radius 2 is 1.76 bits per heavy atom. The van der Waals surface area contributed by atoms with Gasteiger partial charge in [0.05, 0.1) is 0 Å². The molecule has 0 saturated carbocycles. The third kappa shape index (κ3) is 3.39. The summed E-state index contributed by atoms with van der Waals surface area (Å²) in [6, 6.07) is 7.90. The molecule has 0 bridgehead atoms. The van der Waals surface area contributed by atoms with Gasteiger partial charge in [0.25, 0.3) is 0 Å². The smallest absolute Gasteiger partial charge is 0.321 e. The number of benzene rings is 1. The van der Waals surface area contributed by atoms with E-state index < -0.39 is 32.6 Å². The first-order valence-electron chi connectivity index (χ1n) is 4.87. The number of ketones is 1. The number of carboxylic acid groups (broad SMARTS) is 1. The van der Waals surface area contributed by atoms with Crippen molar-refractivity contribution in [2.75, 3.05) is 5.75 Å². The lowest BCUT2D eigenvalue weighted by molar-refractivity contribution is -0.136. The molecule has 1 aromatic rings. The summed E-state index contributed by atoms with van der Waals surface area (Å²) in [7, 11) is -3.96. The van der Waals surface area contributed by atoms with E-state index in [4.69, 9.17) is 5.11 Å². The maximum Gasteiger partial charge on any atom is 0.321 e. The van der Waals surface area contributed by atoms with E-state index >= 15 is 0 Å². The fourth-order valence-corrected chi connectivity index (χ4v) is 2.26. The minimum Gasteiger partial charge on any atom is -0.480 e. The molecule has 0 radical (unpaired) electrons. The Bertz CT molecular complexity index is 518. The number of hydrogen-bond donors (Lipinski definition) is 1. The van der Waals surface area contributed by atoms with Gasteiger partial charge in [-0.2, -0.15) is 0 Å². The van der Waals surface area contributed by atoms with Crippen LogP contribution in [0.2, 0.25) is 0 Å². The van der Waals surface area contributed by atoms with Crippen LogP contribution in [0.1, 0.15) is 17.3 Å². The Labute approximate surface area is 99.0 Å². The number of carbonyl (C=O) groups excluding carboxylic acids is 1. The molecule has 1 unspecified atom stereocenters. The zero-order valence-electron chi connectivity index (χ0n) is 9.16.